The minimum atomic E-state index is -0.315. The topological polar surface area (TPSA) is 28.2 Å². The molecule has 0 radical (unpaired) electrons. The molecule has 0 spiro atoms. The van der Waals surface area contributed by atoms with Gasteiger partial charge in [-0.2, -0.15) is 0 Å². The Bertz CT molecular complexity index is 676. The van der Waals surface area contributed by atoms with E-state index < -0.39 is 0 Å². The van der Waals surface area contributed by atoms with Crippen LogP contribution in [0.25, 0.3) is 0 Å². The number of thiazole rings is 1. The highest BCUT2D eigenvalue weighted by molar-refractivity contribution is 7.13. The summed E-state index contributed by atoms with van der Waals surface area (Å²) in [6.07, 6.45) is 2.55. The third kappa shape index (κ3) is 4.03. The lowest BCUT2D eigenvalue weighted by Gasteiger charge is -2.37. The summed E-state index contributed by atoms with van der Waals surface area (Å²) in [5, 5.41) is 6.39. The number of halogens is 2. The molecule has 6 heteroatoms. The monoisotopic (exact) mass is 353 g/mol. The quantitative estimate of drug-likeness (QED) is 0.808. The molecule has 1 aromatic carbocycles. The van der Waals surface area contributed by atoms with Crippen molar-refractivity contribution in [3.05, 3.63) is 40.1 Å². The third-order valence-electron chi connectivity index (χ3n) is 4.59. The molecule has 1 aromatic heterocycles. The lowest BCUT2D eigenvalue weighted by Crippen LogP contribution is -2.41. The summed E-state index contributed by atoms with van der Waals surface area (Å²) in [6, 6.07) is 4.86. The van der Waals surface area contributed by atoms with Crippen LogP contribution in [0, 0.1) is 11.7 Å². The van der Waals surface area contributed by atoms with Gasteiger partial charge in [-0.15, -0.1) is 11.3 Å². The summed E-state index contributed by atoms with van der Waals surface area (Å²) in [5.74, 6) is 0.413. The zero-order chi connectivity index (χ0) is 16.4. The maximum atomic E-state index is 13.3. The maximum Gasteiger partial charge on any atom is 0.187 e. The lowest BCUT2D eigenvalue weighted by molar-refractivity contribution is 0.105. The van der Waals surface area contributed by atoms with E-state index in [4.69, 9.17) is 11.6 Å². The van der Waals surface area contributed by atoms with E-state index >= 15 is 0 Å². The predicted octanol–water partition coefficient (Wildman–Crippen LogP) is 5.30. The van der Waals surface area contributed by atoms with Crippen LogP contribution in [0.4, 0.5) is 15.2 Å². The first-order valence-electron chi connectivity index (χ1n) is 7.93. The molecule has 124 valence electrons. The van der Waals surface area contributed by atoms with Crippen molar-refractivity contribution in [1.82, 2.24) is 9.88 Å². The van der Waals surface area contributed by atoms with Crippen molar-refractivity contribution in [3.8, 4) is 0 Å². The number of aromatic nitrogens is 1. The average Bonchev–Trinajstić information content (AvgIpc) is 2.95. The van der Waals surface area contributed by atoms with Gasteiger partial charge in [0.25, 0.3) is 0 Å². The van der Waals surface area contributed by atoms with E-state index in [1.807, 2.05) is 0 Å². The van der Waals surface area contributed by atoms with Crippen LogP contribution in [0.2, 0.25) is 5.02 Å². The fraction of sp³-hybridized carbons (Fsp3) is 0.471. The molecule has 3 nitrogen and oxygen atoms in total. The van der Waals surface area contributed by atoms with E-state index in [1.165, 1.54) is 36.3 Å². The standard InChI is InChI=1S/C17H21ClFN3S/c1-11-4-3-7-22(12(11)2)9-14-10-23-17(20-14)21-16-8-13(19)5-6-15(16)18/h5-6,8,10-12H,3-4,7,9H2,1-2H3,(H,20,21). The molecule has 1 N–H and O–H groups in total. The Morgan fingerprint density at radius 2 is 2.26 bits per heavy atom. The van der Waals surface area contributed by atoms with E-state index in [0.29, 0.717) is 16.8 Å². The van der Waals surface area contributed by atoms with Crippen LogP contribution in [0.3, 0.4) is 0 Å². The first-order valence-corrected chi connectivity index (χ1v) is 9.19. The van der Waals surface area contributed by atoms with Gasteiger partial charge >= 0.3 is 0 Å². The number of hydrogen-bond acceptors (Lipinski definition) is 4. The molecular formula is C17H21ClFN3S. The highest BCUT2D eigenvalue weighted by Gasteiger charge is 2.25. The van der Waals surface area contributed by atoms with Crippen LogP contribution in [-0.4, -0.2) is 22.5 Å². The molecule has 3 rings (SSSR count). The van der Waals surface area contributed by atoms with Crippen molar-refractivity contribution in [1.29, 1.82) is 0 Å². The van der Waals surface area contributed by atoms with Crippen LogP contribution < -0.4 is 5.32 Å². The second-order valence-corrected chi connectivity index (χ2v) is 7.49. The minimum Gasteiger partial charge on any atom is -0.330 e. The summed E-state index contributed by atoms with van der Waals surface area (Å²) in [6.45, 7) is 6.60. The van der Waals surface area contributed by atoms with Crippen LogP contribution >= 0.6 is 22.9 Å². The van der Waals surface area contributed by atoms with Crippen LogP contribution in [0.15, 0.2) is 23.6 Å². The zero-order valence-electron chi connectivity index (χ0n) is 13.4. The van der Waals surface area contributed by atoms with E-state index in [1.54, 1.807) is 6.07 Å². The molecule has 2 heterocycles. The molecule has 2 atom stereocenters. The first kappa shape index (κ1) is 16.7. The number of piperidine rings is 1. The van der Waals surface area contributed by atoms with Gasteiger partial charge in [0.15, 0.2) is 5.13 Å². The Kier molecular flexibility index (Phi) is 5.19. The number of likely N-dealkylation sites (tertiary alicyclic amines) is 1. The van der Waals surface area contributed by atoms with Crippen LogP contribution in [0.5, 0.6) is 0 Å². The van der Waals surface area contributed by atoms with Crippen molar-refractivity contribution in [3.63, 3.8) is 0 Å². The fourth-order valence-corrected chi connectivity index (χ4v) is 3.88. The molecule has 0 aliphatic carbocycles. The molecular weight excluding hydrogens is 333 g/mol. The summed E-state index contributed by atoms with van der Waals surface area (Å²) < 4.78 is 13.3. The molecule has 2 unspecified atom stereocenters. The Morgan fingerprint density at radius 1 is 1.43 bits per heavy atom. The molecule has 0 amide bonds. The van der Waals surface area contributed by atoms with Gasteiger partial charge in [0.05, 0.1) is 16.4 Å². The maximum absolute atomic E-state index is 13.3. The van der Waals surface area contributed by atoms with Crippen LogP contribution in [0.1, 0.15) is 32.4 Å². The lowest BCUT2D eigenvalue weighted by atomic mass is 9.92. The SMILES string of the molecule is CC1CCCN(Cc2csc(Nc3cc(F)ccc3Cl)n2)C1C. The normalized spacial score (nSPS) is 22.3. The van der Waals surface area contributed by atoms with E-state index in [0.717, 1.165) is 29.8 Å². The number of nitrogens with zero attached hydrogens (tertiary/aromatic N) is 2. The molecule has 23 heavy (non-hydrogen) atoms. The smallest absolute Gasteiger partial charge is 0.187 e. The van der Waals surface area contributed by atoms with Gasteiger partial charge in [0.1, 0.15) is 5.82 Å². The van der Waals surface area contributed by atoms with Crippen LogP contribution in [-0.2, 0) is 6.54 Å². The highest BCUT2D eigenvalue weighted by Crippen LogP contribution is 2.29. The van der Waals surface area contributed by atoms with E-state index in [9.17, 15) is 4.39 Å². The van der Waals surface area contributed by atoms with Crippen molar-refractivity contribution >= 4 is 33.8 Å². The minimum absolute atomic E-state index is 0.315. The third-order valence-corrected chi connectivity index (χ3v) is 5.73. The van der Waals surface area contributed by atoms with E-state index in [-0.39, 0.29) is 5.82 Å². The van der Waals surface area contributed by atoms with Crippen molar-refractivity contribution in [2.45, 2.75) is 39.3 Å². The number of benzene rings is 1. The first-order chi connectivity index (χ1) is 11.0. The Morgan fingerprint density at radius 3 is 3.09 bits per heavy atom. The van der Waals surface area contributed by atoms with Gasteiger partial charge in [-0.1, -0.05) is 18.5 Å². The number of rotatable bonds is 4. The second-order valence-electron chi connectivity index (χ2n) is 6.22. The summed E-state index contributed by atoms with van der Waals surface area (Å²) in [4.78, 5) is 7.10. The van der Waals surface area contributed by atoms with Gasteiger partial charge < -0.3 is 5.32 Å². The van der Waals surface area contributed by atoms with Crippen molar-refractivity contribution in [2.24, 2.45) is 5.92 Å². The van der Waals surface area contributed by atoms with Gasteiger partial charge in [0.2, 0.25) is 0 Å². The molecule has 2 aromatic rings. The summed E-state index contributed by atoms with van der Waals surface area (Å²) >= 11 is 7.60. The number of hydrogen-bond donors (Lipinski definition) is 1. The molecule has 1 saturated heterocycles. The average molecular weight is 354 g/mol. The van der Waals surface area contributed by atoms with Gasteiger partial charge in [0, 0.05) is 18.0 Å². The van der Waals surface area contributed by atoms with Gasteiger partial charge in [-0.25, -0.2) is 9.37 Å². The fourth-order valence-electron chi connectivity index (χ4n) is 3.00. The zero-order valence-corrected chi connectivity index (χ0v) is 14.9. The predicted molar refractivity (Wildman–Crippen MR) is 95.1 cm³/mol. The Balaban J connectivity index is 1.67. The number of nitrogens with one attached hydrogen (secondary N) is 1. The Labute approximate surface area is 145 Å². The van der Waals surface area contributed by atoms with Crippen molar-refractivity contribution in [2.75, 3.05) is 11.9 Å². The molecule has 0 saturated carbocycles. The van der Waals surface area contributed by atoms with Gasteiger partial charge in [-0.05, 0) is 50.4 Å². The van der Waals surface area contributed by atoms with E-state index in [2.05, 4.69) is 34.4 Å². The molecule has 1 fully saturated rings. The number of anilines is 2. The summed E-state index contributed by atoms with van der Waals surface area (Å²) in [7, 11) is 0. The van der Waals surface area contributed by atoms with Crippen molar-refractivity contribution < 1.29 is 4.39 Å². The highest BCUT2D eigenvalue weighted by atomic mass is 35.5. The second kappa shape index (κ2) is 7.16. The van der Waals surface area contributed by atoms with Gasteiger partial charge in [-0.3, -0.25) is 4.90 Å². The molecule has 1 aliphatic rings. The molecule has 0 bridgehead atoms. The largest absolute Gasteiger partial charge is 0.330 e. The Hall–Kier alpha value is -1.17. The molecule has 1 aliphatic heterocycles. The summed E-state index contributed by atoms with van der Waals surface area (Å²) in [5.41, 5.74) is 1.60.